The number of hydroxylamine groups is 1. The first-order valence-corrected chi connectivity index (χ1v) is 11.8. The molecule has 0 aliphatic rings. The average molecular weight is 486 g/mol. The molecule has 1 heterocycles. The molecule has 1 amide bonds. The molecule has 4 rings (SSSR count). The number of furan rings is 1. The van der Waals surface area contributed by atoms with E-state index in [4.69, 9.17) is 9.25 Å². The number of sulfonamides is 1. The predicted molar refractivity (Wildman–Crippen MR) is 125 cm³/mol. The van der Waals surface area contributed by atoms with E-state index in [-0.39, 0.29) is 39.1 Å². The van der Waals surface area contributed by atoms with Crippen molar-refractivity contribution in [1.29, 1.82) is 0 Å². The van der Waals surface area contributed by atoms with Crippen LogP contribution in [0.15, 0.2) is 65.1 Å². The summed E-state index contributed by atoms with van der Waals surface area (Å²) in [5.41, 5.74) is 3.40. The lowest BCUT2D eigenvalue weighted by Gasteiger charge is -2.21. The van der Waals surface area contributed by atoms with Gasteiger partial charge in [-0.15, -0.1) is 0 Å². The van der Waals surface area contributed by atoms with E-state index in [1.54, 1.807) is 6.07 Å². The number of carbonyl (C=O) groups is 1. The van der Waals surface area contributed by atoms with Crippen LogP contribution in [0, 0.1) is 11.6 Å². The summed E-state index contributed by atoms with van der Waals surface area (Å²) in [6.45, 7) is 0. The van der Waals surface area contributed by atoms with Crippen LogP contribution in [0.5, 0.6) is 0 Å². The van der Waals surface area contributed by atoms with Crippen molar-refractivity contribution < 1.29 is 31.2 Å². The Labute approximate surface area is 194 Å². The number of rotatable bonds is 6. The average Bonchev–Trinajstić information content (AvgIpc) is 3.16. The first-order valence-electron chi connectivity index (χ1n) is 10.0. The molecular formula is C24H20F2N2O5S. The Bertz CT molecular complexity index is 1500. The van der Waals surface area contributed by atoms with Gasteiger partial charge in [-0.05, 0) is 36.4 Å². The van der Waals surface area contributed by atoms with E-state index in [0.29, 0.717) is 5.56 Å². The van der Waals surface area contributed by atoms with Gasteiger partial charge < -0.3 is 4.42 Å². The van der Waals surface area contributed by atoms with E-state index in [1.807, 2.05) is 0 Å². The minimum atomic E-state index is -3.72. The van der Waals surface area contributed by atoms with Crippen molar-refractivity contribution >= 4 is 32.6 Å². The highest BCUT2D eigenvalue weighted by Crippen LogP contribution is 2.41. The first-order chi connectivity index (χ1) is 16.1. The van der Waals surface area contributed by atoms with Crippen molar-refractivity contribution in [1.82, 2.24) is 5.48 Å². The van der Waals surface area contributed by atoms with E-state index in [2.05, 4.69) is 5.48 Å². The maximum absolute atomic E-state index is 14.8. The minimum absolute atomic E-state index is 0.0645. The molecule has 7 nitrogen and oxygen atoms in total. The van der Waals surface area contributed by atoms with Gasteiger partial charge in [0.05, 0.1) is 24.6 Å². The summed E-state index contributed by atoms with van der Waals surface area (Å²) in [6, 6.07) is 14.1. The van der Waals surface area contributed by atoms with Gasteiger partial charge in [-0.3, -0.25) is 13.9 Å². The number of fused-ring (bicyclic) bond motifs is 1. The second-order valence-electron chi connectivity index (χ2n) is 7.52. The fraction of sp³-hybridized carbons (Fsp3) is 0.125. The second-order valence-corrected chi connectivity index (χ2v) is 9.54. The van der Waals surface area contributed by atoms with Crippen molar-refractivity contribution in [3.8, 4) is 22.5 Å². The van der Waals surface area contributed by atoms with Gasteiger partial charge in [0, 0.05) is 35.2 Å². The topological polar surface area (TPSA) is 88.8 Å². The predicted octanol–water partition coefficient (Wildman–Crippen LogP) is 4.73. The fourth-order valence-corrected chi connectivity index (χ4v) is 4.15. The van der Waals surface area contributed by atoms with Crippen LogP contribution in [0.1, 0.15) is 10.4 Å². The van der Waals surface area contributed by atoms with Gasteiger partial charge in [0.1, 0.15) is 23.0 Å². The Morgan fingerprint density at radius 1 is 1.03 bits per heavy atom. The number of carbonyl (C=O) groups excluding carboxylic acids is 1. The molecule has 34 heavy (non-hydrogen) atoms. The number of benzene rings is 3. The smallest absolute Gasteiger partial charge is 0.279 e. The van der Waals surface area contributed by atoms with Crippen molar-refractivity contribution in [3.05, 3.63) is 77.9 Å². The monoisotopic (exact) mass is 486 g/mol. The van der Waals surface area contributed by atoms with E-state index < -0.39 is 27.6 Å². The molecule has 10 heteroatoms. The van der Waals surface area contributed by atoms with Crippen LogP contribution in [0.25, 0.3) is 33.4 Å². The summed E-state index contributed by atoms with van der Waals surface area (Å²) in [5, 5.41) is 0.290. The molecule has 0 bridgehead atoms. The highest BCUT2D eigenvalue weighted by Gasteiger charge is 2.27. The number of hydrogen-bond donors (Lipinski definition) is 1. The summed E-state index contributed by atoms with van der Waals surface area (Å²) in [5.74, 6) is -1.58. The maximum atomic E-state index is 14.8. The van der Waals surface area contributed by atoms with E-state index in [0.717, 1.165) is 10.6 Å². The molecule has 3 aromatic carbocycles. The van der Waals surface area contributed by atoms with Gasteiger partial charge in [-0.25, -0.2) is 22.7 Å². The molecule has 1 aromatic heterocycles. The number of amides is 1. The number of anilines is 1. The quantitative estimate of drug-likeness (QED) is 0.398. The second kappa shape index (κ2) is 8.88. The van der Waals surface area contributed by atoms with Gasteiger partial charge in [0.25, 0.3) is 5.91 Å². The van der Waals surface area contributed by atoms with Crippen molar-refractivity contribution in [2.24, 2.45) is 0 Å². The summed E-state index contributed by atoms with van der Waals surface area (Å²) in [7, 11) is -1.12. The van der Waals surface area contributed by atoms with Crippen LogP contribution < -0.4 is 9.79 Å². The lowest BCUT2D eigenvalue weighted by atomic mass is 9.98. The Morgan fingerprint density at radius 2 is 1.71 bits per heavy atom. The molecule has 176 valence electrons. The standard InChI is InChI=1S/C24H20F2N2O5S/c1-28(34(3,30)31)20-13-21-18(12-17(20)16-6-4-5-7-19(16)26)22(24(29)27-32-2)23(33-21)14-8-10-15(25)11-9-14/h4-13H,1-3H3,(H,27,29). The van der Waals surface area contributed by atoms with Crippen LogP contribution in [0.4, 0.5) is 14.5 Å². The van der Waals surface area contributed by atoms with Crippen LogP contribution in [-0.2, 0) is 14.9 Å². The zero-order chi connectivity index (χ0) is 24.6. The summed E-state index contributed by atoms with van der Waals surface area (Å²) < 4.78 is 59.9. The van der Waals surface area contributed by atoms with Crippen molar-refractivity contribution in [2.75, 3.05) is 24.7 Å². The maximum Gasteiger partial charge on any atom is 0.279 e. The normalized spacial score (nSPS) is 11.6. The number of hydrogen-bond acceptors (Lipinski definition) is 5. The molecule has 0 aliphatic carbocycles. The summed E-state index contributed by atoms with van der Waals surface area (Å²) in [4.78, 5) is 17.7. The van der Waals surface area contributed by atoms with E-state index in [1.165, 1.54) is 68.8 Å². The highest BCUT2D eigenvalue weighted by atomic mass is 32.2. The molecule has 0 saturated carbocycles. The molecular weight excluding hydrogens is 466 g/mol. The first kappa shape index (κ1) is 23.4. The number of nitrogens with one attached hydrogen (secondary N) is 1. The molecule has 0 saturated heterocycles. The Morgan fingerprint density at radius 3 is 2.32 bits per heavy atom. The molecule has 0 atom stereocenters. The van der Waals surface area contributed by atoms with E-state index in [9.17, 15) is 22.0 Å². The Kier molecular flexibility index (Phi) is 6.11. The van der Waals surface area contributed by atoms with Crippen molar-refractivity contribution in [3.63, 3.8) is 0 Å². The molecule has 0 radical (unpaired) electrons. The van der Waals surface area contributed by atoms with Crippen LogP contribution in [0.3, 0.4) is 0 Å². The molecule has 0 unspecified atom stereocenters. The van der Waals surface area contributed by atoms with Gasteiger partial charge >= 0.3 is 0 Å². The zero-order valence-corrected chi connectivity index (χ0v) is 19.2. The lowest BCUT2D eigenvalue weighted by molar-refractivity contribution is 0.0539. The van der Waals surface area contributed by atoms with Gasteiger partial charge in [-0.1, -0.05) is 18.2 Å². The molecule has 0 aliphatic heterocycles. The Hall–Kier alpha value is -3.76. The van der Waals surface area contributed by atoms with Gasteiger partial charge in [0.2, 0.25) is 10.0 Å². The van der Waals surface area contributed by atoms with Crippen LogP contribution in [-0.4, -0.2) is 34.7 Å². The minimum Gasteiger partial charge on any atom is -0.455 e. The number of nitrogens with zero attached hydrogens (tertiary/aromatic N) is 1. The van der Waals surface area contributed by atoms with Crippen LogP contribution >= 0.6 is 0 Å². The largest absolute Gasteiger partial charge is 0.455 e. The molecule has 1 N–H and O–H groups in total. The van der Waals surface area contributed by atoms with Crippen molar-refractivity contribution in [2.45, 2.75) is 0 Å². The third-order valence-corrected chi connectivity index (χ3v) is 6.53. The highest BCUT2D eigenvalue weighted by molar-refractivity contribution is 7.92. The van der Waals surface area contributed by atoms with Gasteiger partial charge in [-0.2, -0.15) is 0 Å². The zero-order valence-electron chi connectivity index (χ0n) is 18.4. The summed E-state index contributed by atoms with van der Waals surface area (Å²) >= 11 is 0. The molecule has 0 fully saturated rings. The fourth-order valence-electron chi connectivity index (χ4n) is 3.64. The summed E-state index contributed by atoms with van der Waals surface area (Å²) in [6.07, 6.45) is 1.02. The van der Waals surface area contributed by atoms with Crippen LogP contribution in [0.2, 0.25) is 0 Å². The van der Waals surface area contributed by atoms with E-state index >= 15 is 0 Å². The lowest BCUT2D eigenvalue weighted by Crippen LogP contribution is -2.25. The Balaban J connectivity index is 2.09. The van der Waals surface area contributed by atoms with Gasteiger partial charge in [0.15, 0.2) is 0 Å². The molecule has 4 aromatic rings. The number of halogens is 2. The third kappa shape index (κ3) is 4.25. The SMILES string of the molecule is CONC(=O)c1c(-c2ccc(F)cc2)oc2cc(N(C)S(C)(=O)=O)c(-c3ccccc3F)cc12. The third-order valence-electron chi connectivity index (χ3n) is 5.34. The molecule has 0 spiro atoms.